The van der Waals surface area contributed by atoms with Crippen molar-refractivity contribution >= 4 is 12.1 Å². The summed E-state index contributed by atoms with van der Waals surface area (Å²) in [5.74, 6) is 0.885. The molecule has 0 spiro atoms. The molecule has 1 rings (SSSR count). The third kappa shape index (κ3) is 9.87. The van der Waals surface area contributed by atoms with Crippen LogP contribution in [0.4, 0.5) is 4.79 Å². The topological polar surface area (TPSA) is 73.9 Å². The Balaban J connectivity index is 2.67. The molecule has 0 saturated heterocycles. The number of carbonyl (C=O) groups excluding carboxylic acids is 2. The van der Waals surface area contributed by atoms with Gasteiger partial charge in [-0.05, 0) is 36.5 Å². The fourth-order valence-corrected chi connectivity index (χ4v) is 2.53. The van der Waals surface area contributed by atoms with Crippen LogP contribution in [0.25, 0.3) is 0 Å². The normalized spacial score (nSPS) is 12.7. The lowest BCUT2D eigenvalue weighted by Gasteiger charge is -2.19. The highest BCUT2D eigenvalue weighted by molar-refractivity contribution is 5.68. The van der Waals surface area contributed by atoms with Crippen molar-refractivity contribution in [3.05, 3.63) is 29.8 Å². The molecule has 0 saturated carbocycles. The van der Waals surface area contributed by atoms with Gasteiger partial charge in [-0.2, -0.15) is 0 Å². The summed E-state index contributed by atoms with van der Waals surface area (Å²) in [6.45, 7) is 8.78. The molecule has 1 aromatic carbocycles. The number of rotatable bonds is 12. The molecule has 1 N–H and O–H groups in total. The number of esters is 1. The van der Waals surface area contributed by atoms with E-state index < -0.39 is 18.1 Å². The van der Waals surface area contributed by atoms with E-state index in [1.807, 2.05) is 31.2 Å². The molecule has 6 heteroatoms. The molecule has 0 aliphatic carbocycles. The van der Waals surface area contributed by atoms with E-state index in [1.165, 1.54) is 6.92 Å². The van der Waals surface area contributed by atoms with Crippen LogP contribution in [0, 0.1) is 5.92 Å². The Hall–Kier alpha value is -2.24. The first-order valence-electron chi connectivity index (χ1n) is 9.75. The number of alkyl carbamates (subject to hydrolysis) is 1. The van der Waals surface area contributed by atoms with Crippen LogP contribution in [-0.4, -0.2) is 31.9 Å². The van der Waals surface area contributed by atoms with Gasteiger partial charge in [-0.15, -0.1) is 0 Å². The van der Waals surface area contributed by atoms with Crippen LogP contribution in [0.3, 0.4) is 0 Å². The number of amides is 1. The summed E-state index contributed by atoms with van der Waals surface area (Å²) in [5.41, 5.74) is 0.817. The maximum atomic E-state index is 12.0. The molecular weight excluding hydrogens is 346 g/mol. The van der Waals surface area contributed by atoms with Gasteiger partial charge in [-0.3, -0.25) is 4.79 Å². The maximum Gasteiger partial charge on any atom is 0.407 e. The molecule has 0 fully saturated rings. The monoisotopic (exact) mass is 379 g/mol. The quantitative estimate of drug-likeness (QED) is 0.423. The number of benzene rings is 1. The van der Waals surface area contributed by atoms with Gasteiger partial charge in [0.15, 0.2) is 0 Å². The van der Waals surface area contributed by atoms with Crippen molar-refractivity contribution in [2.75, 3.05) is 19.8 Å². The summed E-state index contributed by atoms with van der Waals surface area (Å²) < 4.78 is 16.0. The van der Waals surface area contributed by atoms with Gasteiger partial charge in [0.05, 0.1) is 19.3 Å². The minimum Gasteiger partial charge on any atom is -0.493 e. The first-order valence-corrected chi connectivity index (χ1v) is 9.75. The van der Waals surface area contributed by atoms with Gasteiger partial charge in [0.2, 0.25) is 0 Å². The molecular formula is C21H33NO5. The Labute approximate surface area is 162 Å². The van der Waals surface area contributed by atoms with Crippen molar-refractivity contribution in [2.24, 2.45) is 5.92 Å². The van der Waals surface area contributed by atoms with Gasteiger partial charge < -0.3 is 19.5 Å². The number of carbonyl (C=O) groups is 2. The highest BCUT2D eigenvalue weighted by atomic mass is 16.6. The van der Waals surface area contributed by atoms with Crippen molar-refractivity contribution in [3.63, 3.8) is 0 Å². The molecule has 0 heterocycles. The van der Waals surface area contributed by atoms with Gasteiger partial charge in [0, 0.05) is 6.92 Å². The van der Waals surface area contributed by atoms with Gasteiger partial charge in [-0.25, -0.2) is 4.79 Å². The highest BCUT2D eigenvalue weighted by Crippen LogP contribution is 2.20. The fraction of sp³-hybridized carbons (Fsp3) is 0.619. The van der Waals surface area contributed by atoms with E-state index in [1.54, 1.807) is 0 Å². The van der Waals surface area contributed by atoms with Crippen LogP contribution in [0.2, 0.25) is 0 Å². The lowest BCUT2D eigenvalue weighted by molar-refractivity contribution is -0.141. The summed E-state index contributed by atoms with van der Waals surface area (Å²) in [5, 5.41) is 2.75. The first kappa shape index (κ1) is 22.8. The van der Waals surface area contributed by atoms with Gasteiger partial charge >= 0.3 is 12.1 Å². The second kappa shape index (κ2) is 13.0. The molecule has 0 aliphatic heterocycles. The Morgan fingerprint density at radius 2 is 1.74 bits per heavy atom. The highest BCUT2D eigenvalue weighted by Gasteiger charge is 2.17. The van der Waals surface area contributed by atoms with Crippen molar-refractivity contribution < 1.29 is 23.8 Å². The van der Waals surface area contributed by atoms with E-state index in [0.717, 1.165) is 37.0 Å². The minimum absolute atomic E-state index is 0.0476. The zero-order valence-electron chi connectivity index (χ0n) is 17.0. The summed E-state index contributed by atoms with van der Waals surface area (Å²) in [4.78, 5) is 23.1. The molecule has 0 aromatic heterocycles. The van der Waals surface area contributed by atoms with Crippen LogP contribution in [0.1, 0.15) is 65.0 Å². The summed E-state index contributed by atoms with van der Waals surface area (Å²) in [6, 6.07) is 6.97. The molecule has 152 valence electrons. The number of nitrogens with one attached hydrogen (secondary N) is 1. The zero-order chi connectivity index (χ0) is 20.1. The smallest absolute Gasteiger partial charge is 0.407 e. The standard InChI is InChI=1S/C21H33NO5/c1-5-7-13-25-21(24)22-20(15-26-17(4)23)18-9-11-19(12-10-18)27-14-16(3)8-6-2/h9-12,16,20H,5-8,13-15H2,1-4H3,(H,22,24). The molecule has 1 aromatic rings. The second-order valence-corrected chi connectivity index (χ2v) is 6.76. The van der Waals surface area contributed by atoms with Crippen molar-refractivity contribution in [1.82, 2.24) is 5.32 Å². The van der Waals surface area contributed by atoms with Crippen molar-refractivity contribution in [2.45, 2.75) is 59.4 Å². The molecule has 6 nitrogen and oxygen atoms in total. The molecule has 2 unspecified atom stereocenters. The SMILES string of the molecule is CCCCOC(=O)NC(COC(C)=O)c1ccc(OCC(C)CCC)cc1. The van der Waals surface area contributed by atoms with E-state index in [0.29, 0.717) is 19.1 Å². The number of ether oxygens (including phenoxy) is 3. The molecule has 0 aliphatic rings. The average molecular weight is 379 g/mol. The van der Waals surface area contributed by atoms with E-state index in [2.05, 4.69) is 19.2 Å². The Kier molecular flexibility index (Phi) is 11.0. The molecule has 27 heavy (non-hydrogen) atoms. The van der Waals surface area contributed by atoms with Crippen LogP contribution in [-0.2, 0) is 14.3 Å². The van der Waals surface area contributed by atoms with Gasteiger partial charge in [-0.1, -0.05) is 45.7 Å². The molecule has 0 bridgehead atoms. The third-order valence-corrected chi connectivity index (χ3v) is 4.07. The Morgan fingerprint density at radius 1 is 1.04 bits per heavy atom. The summed E-state index contributed by atoms with van der Waals surface area (Å²) >= 11 is 0. The first-order chi connectivity index (χ1) is 13.0. The second-order valence-electron chi connectivity index (χ2n) is 6.76. The van der Waals surface area contributed by atoms with E-state index in [9.17, 15) is 9.59 Å². The van der Waals surface area contributed by atoms with E-state index in [-0.39, 0.29) is 6.61 Å². The predicted molar refractivity (Wildman–Crippen MR) is 105 cm³/mol. The zero-order valence-corrected chi connectivity index (χ0v) is 17.0. The van der Waals surface area contributed by atoms with Crippen LogP contribution >= 0.6 is 0 Å². The fourth-order valence-electron chi connectivity index (χ4n) is 2.53. The lowest BCUT2D eigenvalue weighted by atomic mass is 10.1. The van der Waals surface area contributed by atoms with Gasteiger partial charge in [0.25, 0.3) is 0 Å². The Bertz CT molecular complexity index is 558. The molecule has 0 radical (unpaired) electrons. The average Bonchev–Trinajstić information content (AvgIpc) is 2.64. The third-order valence-electron chi connectivity index (χ3n) is 4.07. The predicted octanol–water partition coefficient (Wildman–Crippen LogP) is 4.63. The van der Waals surface area contributed by atoms with Crippen molar-refractivity contribution in [3.8, 4) is 5.75 Å². The molecule has 2 atom stereocenters. The Morgan fingerprint density at radius 3 is 2.33 bits per heavy atom. The maximum absolute atomic E-state index is 12.0. The van der Waals surface area contributed by atoms with Gasteiger partial charge in [0.1, 0.15) is 12.4 Å². The van der Waals surface area contributed by atoms with E-state index in [4.69, 9.17) is 14.2 Å². The van der Waals surface area contributed by atoms with Crippen molar-refractivity contribution in [1.29, 1.82) is 0 Å². The van der Waals surface area contributed by atoms with E-state index >= 15 is 0 Å². The molecule has 1 amide bonds. The minimum atomic E-state index is -0.519. The summed E-state index contributed by atoms with van der Waals surface area (Å²) in [7, 11) is 0. The van der Waals surface area contributed by atoms with Crippen LogP contribution in [0.15, 0.2) is 24.3 Å². The lowest BCUT2D eigenvalue weighted by Crippen LogP contribution is -2.32. The van der Waals surface area contributed by atoms with Crippen LogP contribution in [0.5, 0.6) is 5.75 Å². The van der Waals surface area contributed by atoms with Crippen LogP contribution < -0.4 is 10.1 Å². The number of unbranched alkanes of at least 4 members (excludes halogenated alkanes) is 1. The number of hydrogen-bond acceptors (Lipinski definition) is 5. The number of hydrogen-bond donors (Lipinski definition) is 1. The largest absolute Gasteiger partial charge is 0.493 e. The summed E-state index contributed by atoms with van der Waals surface area (Å²) in [6.07, 6.45) is 3.51.